The molecule has 0 saturated heterocycles. The SMILES string of the molecule is CC(C)Cc1nc(-c2ccccc2)cnc1NC(=O)Cc1ccc(F)cc1. The summed E-state index contributed by atoms with van der Waals surface area (Å²) < 4.78 is 13.0. The van der Waals surface area contributed by atoms with Gasteiger partial charge in [-0.1, -0.05) is 56.3 Å². The second-order valence-corrected chi connectivity index (χ2v) is 6.87. The quantitative estimate of drug-likeness (QED) is 0.693. The molecule has 0 spiro atoms. The fraction of sp³-hybridized carbons (Fsp3) is 0.227. The van der Waals surface area contributed by atoms with Crippen LogP contribution in [0, 0.1) is 11.7 Å². The molecule has 0 saturated carbocycles. The van der Waals surface area contributed by atoms with Crippen LogP contribution >= 0.6 is 0 Å². The highest BCUT2D eigenvalue weighted by Gasteiger charge is 2.14. The summed E-state index contributed by atoms with van der Waals surface area (Å²) in [5.41, 5.74) is 3.27. The zero-order valence-electron chi connectivity index (χ0n) is 15.4. The molecule has 138 valence electrons. The number of aromatic nitrogens is 2. The van der Waals surface area contributed by atoms with Crippen LogP contribution in [-0.4, -0.2) is 15.9 Å². The average molecular weight is 363 g/mol. The third-order valence-electron chi connectivity index (χ3n) is 4.05. The number of carbonyl (C=O) groups excluding carboxylic acids is 1. The molecule has 3 aromatic rings. The molecule has 1 heterocycles. The summed E-state index contributed by atoms with van der Waals surface area (Å²) >= 11 is 0. The average Bonchev–Trinajstić information content (AvgIpc) is 2.65. The van der Waals surface area contributed by atoms with Gasteiger partial charge in [0.2, 0.25) is 5.91 Å². The van der Waals surface area contributed by atoms with Gasteiger partial charge in [-0.05, 0) is 30.0 Å². The van der Waals surface area contributed by atoms with Gasteiger partial charge in [-0.25, -0.2) is 14.4 Å². The minimum Gasteiger partial charge on any atom is -0.309 e. The lowest BCUT2D eigenvalue weighted by Crippen LogP contribution is -2.18. The topological polar surface area (TPSA) is 54.9 Å². The summed E-state index contributed by atoms with van der Waals surface area (Å²) in [5.74, 6) is 0.336. The number of nitrogens with one attached hydrogen (secondary N) is 1. The van der Waals surface area contributed by atoms with Crippen LogP contribution in [0.15, 0.2) is 60.8 Å². The molecule has 0 aliphatic carbocycles. The third-order valence-corrected chi connectivity index (χ3v) is 4.05. The van der Waals surface area contributed by atoms with Crippen molar-refractivity contribution in [1.29, 1.82) is 0 Å². The van der Waals surface area contributed by atoms with E-state index >= 15 is 0 Å². The molecule has 27 heavy (non-hydrogen) atoms. The van der Waals surface area contributed by atoms with Gasteiger partial charge in [-0.2, -0.15) is 0 Å². The van der Waals surface area contributed by atoms with E-state index in [1.165, 1.54) is 12.1 Å². The summed E-state index contributed by atoms with van der Waals surface area (Å²) in [4.78, 5) is 21.6. The Balaban J connectivity index is 1.80. The molecule has 0 atom stereocenters. The maximum absolute atomic E-state index is 13.0. The highest BCUT2D eigenvalue weighted by molar-refractivity contribution is 5.91. The molecule has 2 aromatic carbocycles. The third kappa shape index (κ3) is 5.20. The molecule has 4 nitrogen and oxygen atoms in total. The lowest BCUT2D eigenvalue weighted by molar-refractivity contribution is -0.115. The van der Waals surface area contributed by atoms with Crippen molar-refractivity contribution in [3.8, 4) is 11.3 Å². The molecule has 0 radical (unpaired) electrons. The van der Waals surface area contributed by atoms with Crippen LogP contribution in [0.2, 0.25) is 0 Å². The van der Waals surface area contributed by atoms with Crippen molar-refractivity contribution in [2.75, 3.05) is 5.32 Å². The highest BCUT2D eigenvalue weighted by atomic mass is 19.1. The van der Waals surface area contributed by atoms with Crippen LogP contribution in [0.1, 0.15) is 25.1 Å². The molecule has 3 rings (SSSR count). The van der Waals surface area contributed by atoms with Gasteiger partial charge in [0, 0.05) is 5.56 Å². The molecule has 1 amide bonds. The fourth-order valence-corrected chi connectivity index (χ4v) is 2.77. The molecule has 0 aliphatic heterocycles. The van der Waals surface area contributed by atoms with Gasteiger partial charge < -0.3 is 5.32 Å². The summed E-state index contributed by atoms with van der Waals surface area (Å²) in [6.07, 6.45) is 2.54. The molecule has 0 bridgehead atoms. The maximum atomic E-state index is 13.0. The summed E-state index contributed by atoms with van der Waals surface area (Å²) in [5, 5.41) is 2.85. The van der Waals surface area contributed by atoms with Crippen molar-refractivity contribution < 1.29 is 9.18 Å². The van der Waals surface area contributed by atoms with Crippen molar-refractivity contribution in [2.45, 2.75) is 26.7 Å². The largest absolute Gasteiger partial charge is 0.309 e. The lowest BCUT2D eigenvalue weighted by atomic mass is 10.1. The summed E-state index contributed by atoms with van der Waals surface area (Å²) in [6.45, 7) is 4.20. The Morgan fingerprint density at radius 2 is 1.78 bits per heavy atom. The number of carbonyl (C=O) groups is 1. The minimum atomic E-state index is -0.319. The summed E-state index contributed by atoms with van der Waals surface area (Å²) in [7, 11) is 0. The van der Waals surface area contributed by atoms with Crippen LogP contribution in [0.25, 0.3) is 11.3 Å². The molecule has 1 N–H and O–H groups in total. The lowest BCUT2D eigenvalue weighted by Gasteiger charge is -2.13. The van der Waals surface area contributed by atoms with Gasteiger partial charge >= 0.3 is 0 Å². The van der Waals surface area contributed by atoms with E-state index in [-0.39, 0.29) is 18.1 Å². The number of rotatable bonds is 6. The Morgan fingerprint density at radius 3 is 2.44 bits per heavy atom. The Hall–Kier alpha value is -3.08. The van der Waals surface area contributed by atoms with E-state index < -0.39 is 0 Å². The minimum absolute atomic E-state index is 0.156. The highest BCUT2D eigenvalue weighted by Crippen LogP contribution is 2.21. The van der Waals surface area contributed by atoms with Gasteiger partial charge in [0.05, 0.1) is 24.0 Å². The first-order valence-electron chi connectivity index (χ1n) is 8.97. The maximum Gasteiger partial charge on any atom is 0.229 e. The zero-order chi connectivity index (χ0) is 19.2. The van der Waals surface area contributed by atoms with E-state index in [1.807, 2.05) is 30.3 Å². The van der Waals surface area contributed by atoms with Crippen LogP contribution in [0.4, 0.5) is 10.2 Å². The number of benzene rings is 2. The van der Waals surface area contributed by atoms with E-state index in [2.05, 4.69) is 24.1 Å². The van der Waals surface area contributed by atoms with Crippen LogP contribution < -0.4 is 5.32 Å². The van der Waals surface area contributed by atoms with Crippen molar-refractivity contribution in [2.24, 2.45) is 5.92 Å². The van der Waals surface area contributed by atoms with E-state index in [0.717, 1.165) is 22.5 Å². The second-order valence-electron chi connectivity index (χ2n) is 6.87. The first kappa shape index (κ1) is 18.7. The number of halogens is 1. The van der Waals surface area contributed by atoms with Crippen LogP contribution in [0.5, 0.6) is 0 Å². The number of hydrogen-bond acceptors (Lipinski definition) is 3. The molecule has 0 fully saturated rings. The van der Waals surface area contributed by atoms with Crippen molar-refractivity contribution in [3.63, 3.8) is 0 Å². The van der Waals surface area contributed by atoms with Crippen LogP contribution in [-0.2, 0) is 17.6 Å². The normalized spacial score (nSPS) is 10.8. The van der Waals surface area contributed by atoms with E-state index in [4.69, 9.17) is 4.98 Å². The first-order chi connectivity index (χ1) is 13.0. The van der Waals surface area contributed by atoms with E-state index in [0.29, 0.717) is 18.2 Å². The second kappa shape index (κ2) is 8.54. The Bertz CT molecular complexity index is 909. The predicted molar refractivity (Wildman–Crippen MR) is 105 cm³/mol. The monoisotopic (exact) mass is 363 g/mol. The zero-order valence-corrected chi connectivity index (χ0v) is 15.4. The van der Waals surface area contributed by atoms with Crippen molar-refractivity contribution in [1.82, 2.24) is 9.97 Å². The Kier molecular flexibility index (Phi) is 5.91. The summed E-state index contributed by atoms with van der Waals surface area (Å²) in [6, 6.07) is 15.7. The molecule has 5 heteroatoms. The van der Waals surface area contributed by atoms with E-state index in [1.54, 1.807) is 18.3 Å². The van der Waals surface area contributed by atoms with Gasteiger partial charge in [-0.15, -0.1) is 0 Å². The fourth-order valence-electron chi connectivity index (χ4n) is 2.77. The Labute approximate surface area is 158 Å². The molecule has 0 aliphatic rings. The van der Waals surface area contributed by atoms with Crippen molar-refractivity contribution in [3.05, 3.63) is 77.9 Å². The van der Waals surface area contributed by atoms with Gasteiger partial charge in [0.25, 0.3) is 0 Å². The molecule has 0 unspecified atom stereocenters. The molecule has 1 aromatic heterocycles. The first-order valence-corrected chi connectivity index (χ1v) is 8.97. The van der Waals surface area contributed by atoms with Crippen LogP contribution in [0.3, 0.4) is 0 Å². The van der Waals surface area contributed by atoms with Gasteiger partial charge in [-0.3, -0.25) is 4.79 Å². The van der Waals surface area contributed by atoms with Crippen molar-refractivity contribution >= 4 is 11.7 Å². The Morgan fingerprint density at radius 1 is 1.07 bits per heavy atom. The number of hydrogen-bond donors (Lipinski definition) is 1. The van der Waals surface area contributed by atoms with Gasteiger partial charge in [0.15, 0.2) is 5.82 Å². The predicted octanol–water partition coefficient (Wildman–Crippen LogP) is 4.66. The smallest absolute Gasteiger partial charge is 0.229 e. The standard InChI is InChI=1S/C22H22FN3O/c1-15(2)12-19-22(24-14-20(25-19)17-6-4-3-5-7-17)26-21(27)13-16-8-10-18(23)11-9-16/h3-11,14-15H,12-13H2,1-2H3,(H,24,26,27). The number of nitrogens with zero attached hydrogens (tertiary/aromatic N) is 2. The number of amides is 1. The molecular formula is C22H22FN3O. The molecular weight excluding hydrogens is 341 g/mol. The van der Waals surface area contributed by atoms with Gasteiger partial charge in [0.1, 0.15) is 5.82 Å². The van der Waals surface area contributed by atoms with E-state index in [9.17, 15) is 9.18 Å². The number of anilines is 1.